The number of carbonyl (C=O) groups excluding carboxylic acids is 3. The standard InChI is InChI=1S/C25H30N2O7/c1-4-31-24(29)17-33-21-10-8-19(15-22(21)34-18-25(30)32-5-2)12-14-27(3)23(28)11-9-20-7-6-13-26-16-20/h6-11,13,15-16H,4-5,12,14,17-18H2,1-3H3/b11-9+. The summed E-state index contributed by atoms with van der Waals surface area (Å²) in [7, 11) is 1.71. The molecule has 1 heterocycles. The number of rotatable bonds is 13. The Morgan fingerprint density at radius 2 is 1.65 bits per heavy atom. The lowest BCUT2D eigenvalue weighted by atomic mass is 10.1. The highest BCUT2D eigenvalue weighted by Gasteiger charge is 2.13. The number of carbonyl (C=O) groups is 3. The largest absolute Gasteiger partial charge is 0.478 e. The van der Waals surface area contributed by atoms with Gasteiger partial charge in [0.1, 0.15) is 0 Å². The fraction of sp³-hybridized carbons (Fsp3) is 0.360. The van der Waals surface area contributed by atoms with Crippen molar-refractivity contribution in [2.75, 3.05) is 40.0 Å². The molecule has 9 nitrogen and oxygen atoms in total. The van der Waals surface area contributed by atoms with E-state index in [4.69, 9.17) is 18.9 Å². The van der Waals surface area contributed by atoms with Gasteiger partial charge in [0.15, 0.2) is 24.7 Å². The summed E-state index contributed by atoms with van der Waals surface area (Å²) in [6, 6.07) is 8.83. The Labute approximate surface area is 199 Å². The zero-order chi connectivity index (χ0) is 24.8. The summed E-state index contributed by atoms with van der Waals surface area (Å²) in [6.07, 6.45) is 7.09. The van der Waals surface area contributed by atoms with Crippen LogP contribution in [0.25, 0.3) is 6.08 Å². The molecular weight excluding hydrogens is 440 g/mol. The van der Waals surface area contributed by atoms with Gasteiger partial charge in [0.25, 0.3) is 0 Å². The van der Waals surface area contributed by atoms with Crippen molar-refractivity contribution in [3.8, 4) is 11.5 Å². The summed E-state index contributed by atoms with van der Waals surface area (Å²) in [5.74, 6) is -0.584. The van der Waals surface area contributed by atoms with Gasteiger partial charge < -0.3 is 23.8 Å². The lowest BCUT2D eigenvalue weighted by Crippen LogP contribution is -2.27. The Balaban J connectivity index is 2.01. The maximum atomic E-state index is 12.4. The molecule has 1 aromatic carbocycles. The average Bonchev–Trinajstić information content (AvgIpc) is 2.84. The molecule has 0 bridgehead atoms. The molecular formula is C25H30N2O7. The molecule has 0 fully saturated rings. The summed E-state index contributed by atoms with van der Waals surface area (Å²) in [4.78, 5) is 41.3. The molecule has 0 N–H and O–H groups in total. The van der Waals surface area contributed by atoms with Gasteiger partial charge in [-0.2, -0.15) is 0 Å². The molecule has 9 heteroatoms. The molecule has 0 saturated carbocycles. The van der Waals surface area contributed by atoms with E-state index in [0.29, 0.717) is 24.5 Å². The number of hydrogen-bond donors (Lipinski definition) is 0. The number of hydrogen-bond acceptors (Lipinski definition) is 8. The zero-order valence-electron chi connectivity index (χ0n) is 19.7. The van der Waals surface area contributed by atoms with Crippen LogP contribution in [0.1, 0.15) is 25.0 Å². The van der Waals surface area contributed by atoms with E-state index in [1.807, 2.05) is 12.1 Å². The molecule has 0 aliphatic carbocycles. The number of esters is 2. The molecule has 2 rings (SSSR count). The number of pyridine rings is 1. The van der Waals surface area contributed by atoms with Gasteiger partial charge in [-0.1, -0.05) is 12.1 Å². The van der Waals surface area contributed by atoms with Crippen LogP contribution in [0, 0.1) is 0 Å². The van der Waals surface area contributed by atoms with E-state index in [-0.39, 0.29) is 32.3 Å². The van der Waals surface area contributed by atoms with E-state index in [9.17, 15) is 14.4 Å². The first-order valence-corrected chi connectivity index (χ1v) is 11.0. The third kappa shape index (κ3) is 9.32. The molecule has 1 amide bonds. The highest BCUT2D eigenvalue weighted by atomic mass is 16.6. The second kappa shape index (κ2) is 14.3. The SMILES string of the molecule is CCOC(=O)COc1ccc(CCN(C)C(=O)/C=C/c2cccnc2)cc1OCC(=O)OCC. The van der Waals surface area contributed by atoms with Crippen molar-refractivity contribution in [2.24, 2.45) is 0 Å². The van der Waals surface area contributed by atoms with Crippen molar-refractivity contribution in [2.45, 2.75) is 20.3 Å². The van der Waals surface area contributed by atoms with Crippen LogP contribution in [0.15, 0.2) is 48.8 Å². The molecule has 0 unspecified atom stereocenters. The number of nitrogens with zero attached hydrogens (tertiary/aromatic N) is 2. The Bertz CT molecular complexity index is 976. The Hall–Kier alpha value is -3.88. The summed E-state index contributed by atoms with van der Waals surface area (Å²) in [5, 5.41) is 0. The number of ether oxygens (including phenoxy) is 4. The smallest absolute Gasteiger partial charge is 0.344 e. The van der Waals surface area contributed by atoms with Gasteiger partial charge in [0.2, 0.25) is 5.91 Å². The van der Waals surface area contributed by atoms with Gasteiger partial charge in [-0.25, -0.2) is 9.59 Å². The zero-order valence-corrected chi connectivity index (χ0v) is 19.7. The normalized spacial score (nSPS) is 10.6. The van der Waals surface area contributed by atoms with Crippen molar-refractivity contribution in [3.05, 3.63) is 59.9 Å². The van der Waals surface area contributed by atoms with E-state index < -0.39 is 11.9 Å². The third-order valence-electron chi connectivity index (χ3n) is 4.52. The van der Waals surface area contributed by atoms with Crippen LogP contribution in [-0.4, -0.2) is 67.7 Å². The van der Waals surface area contributed by atoms with Gasteiger partial charge in [-0.3, -0.25) is 9.78 Å². The van der Waals surface area contributed by atoms with E-state index >= 15 is 0 Å². The highest BCUT2D eigenvalue weighted by Crippen LogP contribution is 2.29. The summed E-state index contributed by atoms with van der Waals surface area (Å²) in [5.41, 5.74) is 1.70. The molecule has 0 aliphatic heterocycles. The average molecular weight is 471 g/mol. The predicted octanol–water partition coefficient (Wildman–Crippen LogP) is 2.68. The molecule has 0 saturated heterocycles. The van der Waals surface area contributed by atoms with Crippen molar-refractivity contribution in [3.63, 3.8) is 0 Å². The van der Waals surface area contributed by atoms with Gasteiger partial charge in [0.05, 0.1) is 13.2 Å². The number of likely N-dealkylation sites (N-methyl/N-ethyl adjacent to an activating group) is 1. The first-order chi connectivity index (χ1) is 16.4. The lowest BCUT2D eigenvalue weighted by molar-refractivity contribution is -0.146. The number of amides is 1. The van der Waals surface area contributed by atoms with Crippen molar-refractivity contribution in [1.82, 2.24) is 9.88 Å². The number of benzene rings is 1. The number of aromatic nitrogens is 1. The van der Waals surface area contributed by atoms with Gasteiger partial charge in [-0.05, 0) is 55.7 Å². The first-order valence-electron chi connectivity index (χ1n) is 11.0. The molecule has 0 aliphatic rings. The van der Waals surface area contributed by atoms with Crippen molar-refractivity contribution in [1.29, 1.82) is 0 Å². The van der Waals surface area contributed by atoms with Crippen LogP contribution in [0.2, 0.25) is 0 Å². The van der Waals surface area contributed by atoms with E-state index in [2.05, 4.69) is 4.98 Å². The Morgan fingerprint density at radius 1 is 0.971 bits per heavy atom. The summed E-state index contributed by atoms with van der Waals surface area (Å²) in [6.45, 7) is 3.76. The van der Waals surface area contributed by atoms with Crippen LogP contribution >= 0.6 is 0 Å². The Kier molecular flexibility index (Phi) is 11.1. The second-order valence-electron chi connectivity index (χ2n) is 7.10. The maximum Gasteiger partial charge on any atom is 0.344 e. The second-order valence-corrected chi connectivity index (χ2v) is 7.10. The molecule has 0 spiro atoms. The molecule has 34 heavy (non-hydrogen) atoms. The van der Waals surface area contributed by atoms with E-state index in [1.54, 1.807) is 62.5 Å². The molecule has 2 aromatic rings. The Morgan fingerprint density at radius 3 is 2.26 bits per heavy atom. The van der Waals surface area contributed by atoms with Gasteiger partial charge >= 0.3 is 11.9 Å². The topological polar surface area (TPSA) is 104 Å². The van der Waals surface area contributed by atoms with E-state index in [0.717, 1.165) is 11.1 Å². The maximum absolute atomic E-state index is 12.4. The quantitative estimate of drug-likeness (QED) is 0.325. The lowest BCUT2D eigenvalue weighted by Gasteiger charge is -2.17. The van der Waals surface area contributed by atoms with Crippen LogP contribution in [0.5, 0.6) is 11.5 Å². The van der Waals surface area contributed by atoms with Crippen LogP contribution in [0.3, 0.4) is 0 Å². The fourth-order valence-electron chi connectivity index (χ4n) is 2.79. The fourth-order valence-corrected chi connectivity index (χ4v) is 2.79. The summed E-state index contributed by atoms with van der Waals surface area (Å²) < 4.78 is 20.8. The van der Waals surface area contributed by atoms with Crippen molar-refractivity contribution >= 4 is 23.9 Å². The molecule has 1 aromatic heterocycles. The monoisotopic (exact) mass is 470 g/mol. The minimum Gasteiger partial charge on any atom is -0.478 e. The minimum absolute atomic E-state index is 0.142. The van der Waals surface area contributed by atoms with Crippen LogP contribution < -0.4 is 9.47 Å². The molecule has 0 radical (unpaired) electrons. The van der Waals surface area contributed by atoms with E-state index in [1.165, 1.54) is 6.08 Å². The minimum atomic E-state index is -0.519. The van der Waals surface area contributed by atoms with Crippen LogP contribution in [-0.2, 0) is 30.3 Å². The highest BCUT2D eigenvalue weighted by molar-refractivity contribution is 5.91. The summed E-state index contributed by atoms with van der Waals surface area (Å²) >= 11 is 0. The molecule has 182 valence electrons. The van der Waals surface area contributed by atoms with Crippen LogP contribution in [0.4, 0.5) is 0 Å². The third-order valence-corrected chi connectivity index (χ3v) is 4.52. The van der Waals surface area contributed by atoms with Gasteiger partial charge in [-0.15, -0.1) is 0 Å². The first kappa shape index (κ1) is 26.4. The van der Waals surface area contributed by atoms with Gasteiger partial charge in [0, 0.05) is 32.1 Å². The molecule has 0 atom stereocenters. The van der Waals surface area contributed by atoms with Crippen molar-refractivity contribution < 1.29 is 33.3 Å². The predicted molar refractivity (Wildman–Crippen MR) is 125 cm³/mol.